The molecule has 3 aromatic rings. The summed E-state index contributed by atoms with van der Waals surface area (Å²) in [5, 5.41) is 0. The van der Waals surface area contributed by atoms with Gasteiger partial charge in [-0.05, 0) is 44.2 Å². The van der Waals surface area contributed by atoms with Crippen LogP contribution in [0, 0.1) is 0 Å². The van der Waals surface area contributed by atoms with Crippen LogP contribution in [-0.2, 0) is 10.8 Å². The number of benzene rings is 3. The lowest BCUT2D eigenvalue weighted by molar-refractivity contribution is 0.569. The lowest BCUT2D eigenvalue weighted by Gasteiger charge is -2.26. The predicted octanol–water partition coefficient (Wildman–Crippen LogP) is 7.62. The maximum Gasteiger partial charge on any atom is -0.0132 e. The Balaban J connectivity index is 2.06. The Hall–Kier alpha value is -2.34. The molecule has 3 aromatic carbocycles. The monoisotopic (exact) mass is 342 g/mol. The van der Waals surface area contributed by atoms with Crippen molar-refractivity contribution in [1.82, 2.24) is 0 Å². The second-order valence-electron chi connectivity index (χ2n) is 9.24. The zero-order valence-corrected chi connectivity index (χ0v) is 16.9. The maximum atomic E-state index is 2.38. The molecule has 0 heteroatoms. The van der Waals surface area contributed by atoms with E-state index in [2.05, 4.69) is 114 Å². The molecule has 0 N–H and O–H groups in total. The third-order valence-electron chi connectivity index (χ3n) is 4.99. The molecule has 0 fully saturated rings. The normalized spacial score (nSPS) is 12.2. The van der Waals surface area contributed by atoms with Crippen LogP contribution in [0.3, 0.4) is 0 Å². The topological polar surface area (TPSA) is 0 Å². The van der Waals surface area contributed by atoms with Crippen LogP contribution < -0.4 is 0 Å². The van der Waals surface area contributed by atoms with Gasteiger partial charge in [-0.2, -0.15) is 0 Å². The van der Waals surface area contributed by atoms with Crippen LogP contribution in [0.4, 0.5) is 0 Å². The van der Waals surface area contributed by atoms with E-state index in [1.165, 1.54) is 33.4 Å². The Morgan fingerprint density at radius 1 is 0.423 bits per heavy atom. The highest BCUT2D eigenvalue weighted by Gasteiger charge is 2.20. The summed E-state index contributed by atoms with van der Waals surface area (Å²) < 4.78 is 0. The minimum Gasteiger partial charge on any atom is -0.0622 e. The fourth-order valence-electron chi connectivity index (χ4n) is 3.15. The third-order valence-corrected chi connectivity index (χ3v) is 4.99. The first-order valence-electron chi connectivity index (χ1n) is 9.46. The summed E-state index contributed by atoms with van der Waals surface area (Å²) in [4.78, 5) is 0. The van der Waals surface area contributed by atoms with Gasteiger partial charge in [-0.25, -0.2) is 0 Å². The maximum absolute atomic E-state index is 2.38. The summed E-state index contributed by atoms with van der Waals surface area (Å²) in [5.41, 5.74) is 8.18. The average molecular weight is 343 g/mol. The molecule has 26 heavy (non-hydrogen) atoms. The van der Waals surface area contributed by atoms with Crippen LogP contribution in [0.25, 0.3) is 22.3 Å². The summed E-state index contributed by atoms with van der Waals surface area (Å²) >= 11 is 0. The van der Waals surface area contributed by atoms with Gasteiger partial charge in [-0.15, -0.1) is 0 Å². The molecular formula is C26H30. The minimum absolute atomic E-state index is 0.139. The number of hydrogen-bond donors (Lipinski definition) is 0. The van der Waals surface area contributed by atoms with Gasteiger partial charge in [0.05, 0.1) is 0 Å². The molecule has 0 saturated carbocycles. The molecule has 0 amide bonds. The predicted molar refractivity (Wildman–Crippen MR) is 115 cm³/mol. The van der Waals surface area contributed by atoms with E-state index in [-0.39, 0.29) is 10.8 Å². The fraction of sp³-hybridized carbons (Fsp3) is 0.308. The van der Waals surface area contributed by atoms with Crippen molar-refractivity contribution >= 4 is 0 Å². The highest BCUT2D eigenvalue weighted by atomic mass is 14.3. The molecule has 0 unspecified atom stereocenters. The van der Waals surface area contributed by atoms with Gasteiger partial charge in [-0.1, -0.05) is 114 Å². The van der Waals surface area contributed by atoms with E-state index >= 15 is 0 Å². The highest BCUT2D eigenvalue weighted by Crippen LogP contribution is 2.34. The van der Waals surface area contributed by atoms with Gasteiger partial charge >= 0.3 is 0 Å². The van der Waals surface area contributed by atoms with Crippen LogP contribution in [-0.4, -0.2) is 0 Å². The van der Waals surface area contributed by atoms with Crippen molar-refractivity contribution in [1.29, 1.82) is 0 Å². The van der Waals surface area contributed by atoms with Gasteiger partial charge in [0.2, 0.25) is 0 Å². The van der Waals surface area contributed by atoms with Crippen LogP contribution in [0.5, 0.6) is 0 Å². The number of hydrogen-bond acceptors (Lipinski definition) is 0. The first-order valence-corrected chi connectivity index (χ1v) is 9.46. The van der Waals surface area contributed by atoms with Crippen LogP contribution in [0.15, 0.2) is 72.8 Å². The van der Waals surface area contributed by atoms with Gasteiger partial charge < -0.3 is 0 Å². The van der Waals surface area contributed by atoms with Crippen molar-refractivity contribution < 1.29 is 0 Å². The Morgan fingerprint density at radius 3 is 1.23 bits per heavy atom. The van der Waals surface area contributed by atoms with E-state index in [0.29, 0.717) is 0 Å². The molecule has 0 spiro atoms. The molecule has 0 saturated heterocycles. The largest absolute Gasteiger partial charge is 0.0622 e. The molecule has 0 bridgehead atoms. The average Bonchev–Trinajstić information content (AvgIpc) is 2.61. The van der Waals surface area contributed by atoms with Gasteiger partial charge in [0, 0.05) is 0 Å². The third kappa shape index (κ3) is 4.07. The summed E-state index contributed by atoms with van der Waals surface area (Å²) in [6, 6.07) is 26.6. The Kier molecular flexibility index (Phi) is 4.80. The van der Waals surface area contributed by atoms with E-state index in [4.69, 9.17) is 0 Å². The Labute approximate surface area is 158 Å². The van der Waals surface area contributed by atoms with Gasteiger partial charge in [0.1, 0.15) is 0 Å². The summed E-state index contributed by atoms with van der Waals surface area (Å²) in [6.45, 7) is 13.7. The molecule has 0 aliphatic carbocycles. The molecule has 0 aliphatic rings. The van der Waals surface area contributed by atoms with Crippen molar-refractivity contribution in [3.05, 3.63) is 83.9 Å². The quantitative estimate of drug-likeness (QED) is 0.449. The molecule has 0 heterocycles. The lowest BCUT2D eigenvalue weighted by Crippen LogP contribution is -2.16. The van der Waals surface area contributed by atoms with Gasteiger partial charge in [0.15, 0.2) is 0 Å². The second-order valence-corrected chi connectivity index (χ2v) is 9.24. The first kappa shape index (κ1) is 18.5. The van der Waals surface area contributed by atoms with Gasteiger partial charge in [0.25, 0.3) is 0 Å². The van der Waals surface area contributed by atoms with Crippen molar-refractivity contribution in [3.8, 4) is 22.3 Å². The fourth-order valence-corrected chi connectivity index (χ4v) is 3.15. The lowest BCUT2D eigenvalue weighted by atomic mass is 9.79. The molecule has 0 atom stereocenters. The summed E-state index contributed by atoms with van der Waals surface area (Å²) in [5.74, 6) is 0. The second kappa shape index (κ2) is 6.76. The van der Waals surface area contributed by atoms with E-state index in [1.54, 1.807) is 0 Å². The van der Waals surface area contributed by atoms with Crippen molar-refractivity contribution in [2.45, 2.75) is 52.4 Å². The van der Waals surface area contributed by atoms with E-state index in [9.17, 15) is 0 Å². The SMILES string of the molecule is CC(C)(C)c1cc(-c2ccc(-c3ccccc3)cc2)cc(C(C)(C)C)c1. The van der Waals surface area contributed by atoms with E-state index in [1.807, 2.05) is 0 Å². The Morgan fingerprint density at radius 2 is 0.808 bits per heavy atom. The minimum atomic E-state index is 0.139. The zero-order valence-electron chi connectivity index (χ0n) is 16.9. The molecule has 0 aromatic heterocycles. The molecular weight excluding hydrogens is 312 g/mol. The standard InChI is InChI=1S/C26H30/c1-25(2,3)23-16-22(17-24(18-23)26(4,5)6)21-14-12-20(13-15-21)19-10-8-7-9-11-19/h7-18H,1-6H3. The smallest absolute Gasteiger partial charge is 0.0132 e. The highest BCUT2D eigenvalue weighted by molar-refractivity contribution is 5.71. The number of rotatable bonds is 2. The van der Waals surface area contributed by atoms with E-state index < -0.39 is 0 Å². The summed E-state index contributed by atoms with van der Waals surface area (Å²) in [7, 11) is 0. The molecule has 0 radical (unpaired) electrons. The van der Waals surface area contributed by atoms with Crippen molar-refractivity contribution in [2.24, 2.45) is 0 Å². The van der Waals surface area contributed by atoms with E-state index in [0.717, 1.165) is 0 Å². The van der Waals surface area contributed by atoms with Crippen LogP contribution >= 0.6 is 0 Å². The van der Waals surface area contributed by atoms with Crippen LogP contribution in [0.2, 0.25) is 0 Å². The van der Waals surface area contributed by atoms with Gasteiger partial charge in [-0.3, -0.25) is 0 Å². The molecule has 0 nitrogen and oxygen atoms in total. The van der Waals surface area contributed by atoms with Crippen LogP contribution in [0.1, 0.15) is 52.7 Å². The zero-order chi connectivity index (χ0) is 18.9. The molecule has 3 rings (SSSR count). The Bertz CT molecular complexity index is 838. The molecule has 0 aliphatic heterocycles. The van der Waals surface area contributed by atoms with Crippen molar-refractivity contribution in [2.75, 3.05) is 0 Å². The van der Waals surface area contributed by atoms with Crippen molar-refractivity contribution in [3.63, 3.8) is 0 Å². The molecule has 134 valence electrons. The first-order chi connectivity index (χ1) is 12.1. The summed E-state index contributed by atoms with van der Waals surface area (Å²) in [6.07, 6.45) is 0.